The lowest BCUT2D eigenvalue weighted by atomic mass is 10.2. The number of rotatable bonds is 5. The van der Waals surface area contributed by atoms with Crippen molar-refractivity contribution >= 4 is 27.7 Å². The lowest BCUT2D eigenvalue weighted by molar-refractivity contribution is 0.224. The van der Waals surface area contributed by atoms with Crippen LogP contribution >= 0.6 is 11.6 Å². The van der Waals surface area contributed by atoms with Gasteiger partial charge in [-0.25, -0.2) is 17.5 Å². The molecule has 0 radical (unpaired) electrons. The Bertz CT molecular complexity index is 762. The molecule has 2 aromatic rings. The summed E-state index contributed by atoms with van der Waals surface area (Å²) >= 11 is 5.80. The summed E-state index contributed by atoms with van der Waals surface area (Å²) in [5.41, 5.74) is 0.830. The standard InChI is InChI=1S/C16H17ClN2O3S/c1-2-19(23(21,22)15-6-4-3-5-7-15)16(20)18-12-13-8-10-14(17)11-9-13/h3-11H,2,12H2,1H3,(H,18,20). The minimum absolute atomic E-state index is 0.0453. The molecule has 0 bridgehead atoms. The number of carbonyl (C=O) groups is 1. The highest BCUT2D eigenvalue weighted by Gasteiger charge is 2.27. The molecule has 122 valence electrons. The fourth-order valence-corrected chi connectivity index (χ4v) is 3.51. The summed E-state index contributed by atoms with van der Waals surface area (Å²) < 4.78 is 25.8. The van der Waals surface area contributed by atoms with E-state index in [-0.39, 0.29) is 18.0 Å². The Morgan fingerprint density at radius 3 is 2.26 bits per heavy atom. The average molecular weight is 353 g/mol. The molecule has 23 heavy (non-hydrogen) atoms. The summed E-state index contributed by atoms with van der Waals surface area (Å²) in [5, 5.41) is 3.21. The molecule has 0 saturated carbocycles. The van der Waals surface area contributed by atoms with E-state index < -0.39 is 16.1 Å². The number of nitrogens with one attached hydrogen (secondary N) is 1. The molecule has 0 aromatic heterocycles. The number of nitrogens with zero attached hydrogens (tertiary/aromatic N) is 1. The van der Waals surface area contributed by atoms with Gasteiger partial charge in [-0.15, -0.1) is 0 Å². The second kappa shape index (κ2) is 7.48. The third-order valence-electron chi connectivity index (χ3n) is 3.20. The second-order valence-electron chi connectivity index (χ2n) is 4.77. The largest absolute Gasteiger partial charge is 0.333 e. The van der Waals surface area contributed by atoms with Crippen LogP contribution in [-0.4, -0.2) is 25.3 Å². The fraction of sp³-hybridized carbons (Fsp3) is 0.188. The summed E-state index contributed by atoms with van der Waals surface area (Å²) in [5.74, 6) is 0. The molecule has 2 aromatic carbocycles. The van der Waals surface area contributed by atoms with Gasteiger partial charge in [0.25, 0.3) is 10.0 Å². The second-order valence-corrected chi connectivity index (χ2v) is 7.07. The molecule has 5 nitrogen and oxygen atoms in total. The zero-order chi connectivity index (χ0) is 16.9. The Kier molecular flexibility index (Phi) is 5.63. The number of hydrogen-bond acceptors (Lipinski definition) is 3. The summed E-state index contributed by atoms with van der Waals surface area (Å²) in [6.07, 6.45) is 0. The Balaban J connectivity index is 2.11. The van der Waals surface area contributed by atoms with Crippen LogP contribution in [-0.2, 0) is 16.6 Å². The van der Waals surface area contributed by atoms with Gasteiger partial charge in [-0.1, -0.05) is 41.9 Å². The van der Waals surface area contributed by atoms with E-state index in [9.17, 15) is 13.2 Å². The molecule has 0 aliphatic carbocycles. The Labute approximate surface area is 140 Å². The third-order valence-corrected chi connectivity index (χ3v) is 5.33. The van der Waals surface area contributed by atoms with Gasteiger partial charge in [0, 0.05) is 18.1 Å². The molecule has 2 rings (SSSR count). The van der Waals surface area contributed by atoms with Crippen LogP contribution in [0, 0.1) is 0 Å². The first-order valence-corrected chi connectivity index (χ1v) is 8.87. The van der Waals surface area contributed by atoms with Crippen LogP contribution in [0.2, 0.25) is 5.02 Å². The Morgan fingerprint density at radius 2 is 1.70 bits per heavy atom. The van der Waals surface area contributed by atoms with Crippen LogP contribution in [0.25, 0.3) is 0 Å². The van der Waals surface area contributed by atoms with E-state index in [1.807, 2.05) is 0 Å². The molecule has 0 saturated heterocycles. The Morgan fingerprint density at radius 1 is 1.09 bits per heavy atom. The van der Waals surface area contributed by atoms with Gasteiger partial charge in [0.1, 0.15) is 0 Å². The van der Waals surface area contributed by atoms with Crippen molar-refractivity contribution in [3.63, 3.8) is 0 Å². The highest BCUT2D eigenvalue weighted by molar-refractivity contribution is 7.89. The highest BCUT2D eigenvalue weighted by atomic mass is 35.5. The number of halogens is 1. The monoisotopic (exact) mass is 352 g/mol. The van der Waals surface area contributed by atoms with Crippen molar-refractivity contribution in [1.29, 1.82) is 0 Å². The zero-order valence-electron chi connectivity index (χ0n) is 12.6. The van der Waals surface area contributed by atoms with Gasteiger partial charge >= 0.3 is 6.03 Å². The zero-order valence-corrected chi connectivity index (χ0v) is 14.1. The van der Waals surface area contributed by atoms with Crippen LogP contribution < -0.4 is 5.32 Å². The van der Waals surface area contributed by atoms with Gasteiger partial charge in [0.15, 0.2) is 0 Å². The van der Waals surface area contributed by atoms with E-state index >= 15 is 0 Å². The summed E-state index contributed by atoms with van der Waals surface area (Å²) in [6.45, 7) is 1.88. The van der Waals surface area contributed by atoms with Crippen LogP contribution in [0.1, 0.15) is 12.5 Å². The number of hydrogen-bond donors (Lipinski definition) is 1. The lowest BCUT2D eigenvalue weighted by Crippen LogP contribution is -2.43. The van der Waals surface area contributed by atoms with Crippen molar-refractivity contribution in [2.75, 3.05) is 6.54 Å². The lowest BCUT2D eigenvalue weighted by Gasteiger charge is -2.21. The number of carbonyl (C=O) groups excluding carboxylic acids is 1. The average Bonchev–Trinajstić information content (AvgIpc) is 2.55. The maximum Gasteiger partial charge on any atom is 0.331 e. The van der Waals surface area contributed by atoms with E-state index in [1.54, 1.807) is 49.4 Å². The molecule has 0 heterocycles. The number of sulfonamides is 1. The first-order valence-electron chi connectivity index (χ1n) is 7.05. The maximum atomic E-state index is 12.5. The van der Waals surface area contributed by atoms with Gasteiger partial charge in [-0.05, 0) is 36.8 Å². The molecule has 1 N–H and O–H groups in total. The maximum absolute atomic E-state index is 12.5. The van der Waals surface area contributed by atoms with Crippen molar-refractivity contribution < 1.29 is 13.2 Å². The van der Waals surface area contributed by atoms with Crippen LogP contribution in [0.5, 0.6) is 0 Å². The van der Waals surface area contributed by atoms with Gasteiger partial charge in [-0.2, -0.15) is 0 Å². The van der Waals surface area contributed by atoms with E-state index in [2.05, 4.69) is 5.32 Å². The molecule has 2 amide bonds. The van der Waals surface area contributed by atoms with E-state index in [1.165, 1.54) is 12.1 Å². The van der Waals surface area contributed by atoms with E-state index in [0.717, 1.165) is 9.87 Å². The number of benzene rings is 2. The molecule has 0 aliphatic rings. The van der Waals surface area contributed by atoms with Gasteiger partial charge in [0.05, 0.1) is 4.90 Å². The number of amides is 2. The highest BCUT2D eigenvalue weighted by Crippen LogP contribution is 2.15. The first kappa shape index (κ1) is 17.3. The smallest absolute Gasteiger partial charge is 0.331 e. The van der Waals surface area contributed by atoms with Crippen molar-refractivity contribution in [2.45, 2.75) is 18.4 Å². The molecular weight excluding hydrogens is 336 g/mol. The minimum atomic E-state index is -3.86. The third kappa shape index (κ3) is 4.24. The molecule has 0 unspecified atom stereocenters. The fourth-order valence-electron chi connectivity index (χ4n) is 2.01. The minimum Gasteiger partial charge on any atom is -0.333 e. The quantitative estimate of drug-likeness (QED) is 0.898. The van der Waals surface area contributed by atoms with Crippen molar-refractivity contribution in [3.05, 3.63) is 65.2 Å². The van der Waals surface area contributed by atoms with Gasteiger partial charge in [-0.3, -0.25) is 0 Å². The summed E-state index contributed by atoms with van der Waals surface area (Å²) in [7, 11) is -3.86. The van der Waals surface area contributed by atoms with Gasteiger partial charge in [0.2, 0.25) is 0 Å². The molecule has 0 fully saturated rings. The number of urea groups is 1. The van der Waals surface area contributed by atoms with Crippen LogP contribution in [0.4, 0.5) is 4.79 Å². The van der Waals surface area contributed by atoms with E-state index in [0.29, 0.717) is 5.02 Å². The topological polar surface area (TPSA) is 66.5 Å². The Hall–Kier alpha value is -2.05. The first-order chi connectivity index (χ1) is 10.9. The molecular formula is C16H17ClN2O3S. The van der Waals surface area contributed by atoms with Crippen molar-refractivity contribution in [3.8, 4) is 0 Å². The predicted octanol–water partition coefficient (Wildman–Crippen LogP) is 3.26. The molecule has 7 heteroatoms. The molecule has 0 aliphatic heterocycles. The van der Waals surface area contributed by atoms with Gasteiger partial charge < -0.3 is 5.32 Å². The summed E-state index contributed by atoms with van der Waals surface area (Å²) in [4.78, 5) is 12.3. The van der Waals surface area contributed by atoms with Crippen LogP contribution in [0.3, 0.4) is 0 Å². The predicted molar refractivity (Wildman–Crippen MR) is 89.7 cm³/mol. The van der Waals surface area contributed by atoms with E-state index in [4.69, 9.17) is 11.6 Å². The normalized spacial score (nSPS) is 11.0. The van der Waals surface area contributed by atoms with Crippen molar-refractivity contribution in [1.82, 2.24) is 9.62 Å². The molecule has 0 spiro atoms. The SMILES string of the molecule is CCN(C(=O)NCc1ccc(Cl)cc1)S(=O)(=O)c1ccccc1. The van der Waals surface area contributed by atoms with Crippen LogP contribution in [0.15, 0.2) is 59.5 Å². The summed E-state index contributed by atoms with van der Waals surface area (Å²) in [6, 6.07) is 14.2. The molecule has 0 atom stereocenters. The van der Waals surface area contributed by atoms with Crippen molar-refractivity contribution in [2.24, 2.45) is 0 Å².